The van der Waals surface area contributed by atoms with Crippen LogP contribution in [-0.2, 0) is 21.7 Å². The molecular weight excluding hydrogens is 553 g/mol. The van der Waals surface area contributed by atoms with Gasteiger partial charge in [-0.15, -0.1) is 10.2 Å². The predicted molar refractivity (Wildman–Crippen MR) is 143 cm³/mol. The number of hydrogen-bond donors (Lipinski definition) is 1. The topological polar surface area (TPSA) is 90.0 Å². The van der Waals surface area contributed by atoms with Crippen LogP contribution in [-0.4, -0.2) is 29.4 Å². The number of rotatable bonds is 7. The summed E-state index contributed by atoms with van der Waals surface area (Å²) in [6.45, 7) is 1.93. The molecule has 3 aromatic carbocycles. The van der Waals surface area contributed by atoms with E-state index in [0.717, 1.165) is 24.0 Å². The minimum Gasteiger partial charge on any atom is -0.418 e. The van der Waals surface area contributed by atoms with Crippen LogP contribution in [0, 0.1) is 0 Å². The molecule has 0 saturated carbocycles. The summed E-state index contributed by atoms with van der Waals surface area (Å²) in [6.07, 6.45) is -1.16. The zero-order valence-corrected chi connectivity index (χ0v) is 22.3. The van der Waals surface area contributed by atoms with Crippen LogP contribution in [0.2, 0.25) is 5.02 Å². The molecule has 0 aliphatic heterocycles. The van der Waals surface area contributed by atoms with E-state index in [4.69, 9.17) is 16.0 Å². The maximum atomic E-state index is 13.0. The Morgan fingerprint density at radius 1 is 0.949 bits per heavy atom. The molecule has 7 nitrogen and oxygen atoms in total. The number of sulfonamides is 1. The first-order chi connectivity index (χ1) is 18.4. The summed E-state index contributed by atoms with van der Waals surface area (Å²) in [6, 6.07) is 18.6. The van der Waals surface area contributed by atoms with Crippen molar-refractivity contribution in [3.63, 3.8) is 0 Å². The highest BCUT2D eigenvalue weighted by atomic mass is 35.5. The Labute approximate surface area is 227 Å². The van der Waals surface area contributed by atoms with Gasteiger partial charge in [0.05, 0.1) is 23.0 Å². The van der Waals surface area contributed by atoms with Gasteiger partial charge in [-0.05, 0) is 66.6 Å². The van der Waals surface area contributed by atoms with Crippen molar-refractivity contribution in [1.82, 2.24) is 14.8 Å². The van der Waals surface area contributed by atoms with E-state index in [2.05, 4.69) is 14.9 Å². The van der Waals surface area contributed by atoms with Gasteiger partial charge in [0, 0.05) is 22.2 Å². The molecule has 1 N–H and O–H groups in total. The van der Waals surface area contributed by atoms with Gasteiger partial charge >= 0.3 is 6.18 Å². The third-order valence-electron chi connectivity index (χ3n) is 6.51. The molecule has 5 rings (SSSR count). The van der Waals surface area contributed by atoms with Gasteiger partial charge in [-0.1, -0.05) is 36.7 Å². The van der Waals surface area contributed by atoms with E-state index in [-0.39, 0.29) is 11.8 Å². The molecule has 0 radical (unpaired) electrons. The molecule has 0 bridgehead atoms. The van der Waals surface area contributed by atoms with E-state index >= 15 is 0 Å². The molecule has 0 saturated heterocycles. The second kappa shape index (κ2) is 9.73. The normalized spacial score (nSPS) is 13.9. The lowest BCUT2D eigenvalue weighted by molar-refractivity contribution is -0.137. The monoisotopic (exact) mass is 574 g/mol. The molecular formula is C27H22ClF3N4O3S. The standard InChI is InChI=1S/C27H22ClF3N4O3S/c1-3-26(18-11-13-20(28)14-12-18,35-16-15-21-22(34-39(2,36)37)5-4-6-23(21)35)25-33-32-24(38-25)17-7-9-19(10-8-17)27(29,30)31/h4-16,34H,3H2,1-2H3. The Hall–Kier alpha value is -3.83. The lowest BCUT2D eigenvalue weighted by Gasteiger charge is -2.33. The largest absolute Gasteiger partial charge is 0.418 e. The molecule has 202 valence electrons. The van der Waals surface area contributed by atoms with Gasteiger partial charge in [0.2, 0.25) is 21.8 Å². The SMILES string of the molecule is CCC(c1ccc(Cl)cc1)(c1nnc(-c2ccc(C(F)(F)F)cc2)o1)n1ccc2c(NS(C)(=O)=O)cccc21. The third-order valence-corrected chi connectivity index (χ3v) is 7.35. The number of alkyl halides is 3. The van der Waals surface area contributed by atoms with Crippen molar-refractivity contribution >= 4 is 38.2 Å². The van der Waals surface area contributed by atoms with Gasteiger partial charge < -0.3 is 8.98 Å². The van der Waals surface area contributed by atoms with Gasteiger partial charge in [-0.25, -0.2) is 8.42 Å². The first-order valence-electron chi connectivity index (χ1n) is 11.8. The Kier molecular flexibility index (Phi) is 6.68. The van der Waals surface area contributed by atoms with Gasteiger partial charge in [0.25, 0.3) is 0 Å². The number of benzene rings is 3. The molecule has 39 heavy (non-hydrogen) atoms. The zero-order chi connectivity index (χ0) is 28.0. The highest BCUT2D eigenvalue weighted by molar-refractivity contribution is 7.92. The van der Waals surface area contributed by atoms with Crippen LogP contribution in [0.3, 0.4) is 0 Å². The molecule has 2 heterocycles. The molecule has 2 aromatic heterocycles. The quantitative estimate of drug-likeness (QED) is 0.227. The summed E-state index contributed by atoms with van der Waals surface area (Å²) in [7, 11) is -3.53. The number of halogens is 4. The predicted octanol–water partition coefficient (Wildman–Crippen LogP) is 6.94. The highest BCUT2D eigenvalue weighted by Crippen LogP contribution is 2.42. The van der Waals surface area contributed by atoms with Gasteiger partial charge in [-0.2, -0.15) is 13.2 Å². The van der Waals surface area contributed by atoms with E-state index in [1.165, 1.54) is 12.1 Å². The molecule has 5 aromatic rings. The number of nitrogens with zero attached hydrogens (tertiary/aromatic N) is 3. The summed E-state index contributed by atoms with van der Waals surface area (Å²) in [5, 5.41) is 9.68. The minimum atomic E-state index is -4.47. The van der Waals surface area contributed by atoms with Gasteiger partial charge in [-0.3, -0.25) is 4.72 Å². The molecule has 1 unspecified atom stereocenters. The van der Waals surface area contributed by atoms with Crippen molar-refractivity contribution in [2.24, 2.45) is 0 Å². The second-order valence-corrected chi connectivity index (χ2v) is 11.2. The smallest absolute Gasteiger partial charge is 0.416 e. The van der Waals surface area contributed by atoms with Crippen LogP contribution in [0.5, 0.6) is 0 Å². The maximum absolute atomic E-state index is 13.0. The van der Waals surface area contributed by atoms with E-state index in [1.54, 1.807) is 36.5 Å². The van der Waals surface area contributed by atoms with Gasteiger partial charge in [0.15, 0.2) is 0 Å². The first kappa shape index (κ1) is 26.8. The molecule has 1 atom stereocenters. The first-order valence-corrected chi connectivity index (χ1v) is 14.1. The van der Waals surface area contributed by atoms with Crippen LogP contribution >= 0.6 is 11.6 Å². The van der Waals surface area contributed by atoms with Crippen LogP contribution in [0.15, 0.2) is 83.4 Å². The fourth-order valence-corrected chi connectivity index (χ4v) is 5.42. The summed E-state index contributed by atoms with van der Waals surface area (Å²) >= 11 is 6.18. The van der Waals surface area contributed by atoms with Gasteiger partial charge in [0.1, 0.15) is 5.54 Å². The van der Waals surface area contributed by atoms with Crippen molar-refractivity contribution in [3.8, 4) is 11.5 Å². The highest BCUT2D eigenvalue weighted by Gasteiger charge is 2.41. The summed E-state index contributed by atoms with van der Waals surface area (Å²) in [5.74, 6) is 0.252. The Morgan fingerprint density at radius 3 is 2.23 bits per heavy atom. The molecule has 0 fully saturated rings. The van der Waals surface area contributed by atoms with Crippen molar-refractivity contribution < 1.29 is 26.0 Å². The number of nitrogens with one attached hydrogen (secondary N) is 1. The minimum absolute atomic E-state index is 0.0569. The summed E-state index contributed by atoms with van der Waals surface area (Å²) in [4.78, 5) is 0. The molecule has 0 aliphatic carbocycles. The number of hydrogen-bond acceptors (Lipinski definition) is 5. The average molecular weight is 575 g/mol. The van der Waals surface area contributed by atoms with Crippen molar-refractivity contribution in [2.75, 3.05) is 11.0 Å². The number of fused-ring (bicyclic) bond motifs is 1. The lowest BCUT2D eigenvalue weighted by Crippen LogP contribution is -2.35. The zero-order valence-electron chi connectivity index (χ0n) is 20.7. The number of anilines is 1. The van der Waals surface area contributed by atoms with E-state index in [0.29, 0.717) is 33.6 Å². The van der Waals surface area contributed by atoms with Crippen LogP contribution < -0.4 is 4.72 Å². The van der Waals surface area contributed by atoms with Crippen molar-refractivity contribution in [2.45, 2.75) is 25.1 Å². The van der Waals surface area contributed by atoms with E-state index in [1.807, 2.05) is 29.7 Å². The van der Waals surface area contributed by atoms with Crippen LogP contribution in [0.25, 0.3) is 22.4 Å². The molecule has 0 spiro atoms. The summed E-state index contributed by atoms with van der Waals surface area (Å²) < 4.78 is 73.7. The fourth-order valence-electron chi connectivity index (χ4n) is 4.71. The van der Waals surface area contributed by atoms with E-state index in [9.17, 15) is 21.6 Å². The fraction of sp³-hybridized carbons (Fsp3) is 0.185. The molecule has 0 amide bonds. The number of aromatic nitrogens is 3. The molecule has 12 heteroatoms. The Balaban J connectivity index is 1.70. The second-order valence-electron chi connectivity index (χ2n) is 9.01. The van der Waals surface area contributed by atoms with Crippen LogP contribution in [0.4, 0.5) is 18.9 Å². The summed E-state index contributed by atoms with van der Waals surface area (Å²) in [5.41, 5.74) is 0.344. The Bertz CT molecular complexity index is 1750. The average Bonchev–Trinajstić information content (AvgIpc) is 3.54. The van der Waals surface area contributed by atoms with Crippen molar-refractivity contribution in [3.05, 3.63) is 101 Å². The lowest BCUT2D eigenvalue weighted by atomic mass is 9.86. The third kappa shape index (κ3) is 4.99. The molecule has 0 aliphatic rings. The Morgan fingerprint density at radius 2 is 1.62 bits per heavy atom. The van der Waals surface area contributed by atoms with Crippen molar-refractivity contribution in [1.29, 1.82) is 0 Å². The maximum Gasteiger partial charge on any atom is 0.416 e. The van der Waals surface area contributed by atoms with E-state index < -0.39 is 27.3 Å². The van der Waals surface area contributed by atoms with Crippen LogP contribution in [0.1, 0.15) is 30.4 Å².